The minimum absolute atomic E-state index is 0.0874. The van der Waals surface area contributed by atoms with Gasteiger partial charge in [0.15, 0.2) is 11.6 Å². The van der Waals surface area contributed by atoms with Crippen LogP contribution in [0, 0.1) is 0 Å². The van der Waals surface area contributed by atoms with Gasteiger partial charge in [-0.3, -0.25) is 14.3 Å². The van der Waals surface area contributed by atoms with Crippen LogP contribution in [0.3, 0.4) is 0 Å². The van der Waals surface area contributed by atoms with Gasteiger partial charge in [-0.1, -0.05) is 17.7 Å². The van der Waals surface area contributed by atoms with Crippen molar-refractivity contribution in [2.24, 2.45) is 0 Å². The highest BCUT2D eigenvalue weighted by Crippen LogP contribution is 2.27. The maximum absolute atomic E-state index is 13.1. The highest BCUT2D eigenvalue weighted by molar-refractivity contribution is 7.93. The molecule has 0 saturated heterocycles. The first-order valence-corrected chi connectivity index (χ1v) is 11.0. The van der Waals surface area contributed by atoms with Crippen LogP contribution in [-0.2, 0) is 14.8 Å². The quantitative estimate of drug-likeness (QED) is 0.554. The van der Waals surface area contributed by atoms with Gasteiger partial charge in [0.05, 0.1) is 5.02 Å². The Bertz CT molecular complexity index is 1090. The summed E-state index contributed by atoms with van der Waals surface area (Å²) in [6.45, 7) is 5.30. The standard InChI is InChI=1S/C18H22ClN7O3S/c1-11(2)26-17(14-7-5-6-8-20-14)23-24-18(26)25-30(27,28)12(3)15(29-4)16-21-9-13(19)10-22-16/h5-12,15H,1-4H3,(H,24,25)/t12-,15-/m0/s1. The van der Waals surface area contributed by atoms with Crippen molar-refractivity contribution in [2.75, 3.05) is 11.8 Å². The van der Waals surface area contributed by atoms with Gasteiger partial charge in [0.1, 0.15) is 17.0 Å². The number of nitrogens with zero attached hydrogens (tertiary/aromatic N) is 6. The zero-order valence-electron chi connectivity index (χ0n) is 16.9. The summed E-state index contributed by atoms with van der Waals surface area (Å²) in [5, 5.41) is 7.49. The molecule has 0 bridgehead atoms. The Labute approximate surface area is 179 Å². The molecule has 0 aromatic carbocycles. The van der Waals surface area contributed by atoms with E-state index in [4.69, 9.17) is 16.3 Å². The largest absolute Gasteiger partial charge is 0.372 e. The summed E-state index contributed by atoms with van der Waals surface area (Å²) in [7, 11) is -2.55. The molecular formula is C18H22ClN7O3S. The first-order valence-electron chi connectivity index (χ1n) is 9.12. The van der Waals surface area contributed by atoms with Crippen LogP contribution in [0.5, 0.6) is 0 Å². The lowest BCUT2D eigenvalue weighted by atomic mass is 10.2. The second kappa shape index (κ2) is 9.02. The lowest BCUT2D eigenvalue weighted by Gasteiger charge is -2.22. The Morgan fingerprint density at radius 1 is 1.10 bits per heavy atom. The van der Waals surface area contributed by atoms with Gasteiger partial charge in [-0.05, 0) is 32.9 Å². The van der Waals surface area contributed by atoms with Gasteiger partial charge in [-0.25, -0.2) is 18.4 Å². The minimum atomic E-state index is -3.94. The monoisotopic (exact) mass is 451 g/mol. The zero-order chi connectivity index (χ0) is 21.9. The number of hydrogen-bond acceptors (Lipinski definition) is 8. The normalized spacial score (nSPS) is 13.9. The van der Waals surface area contributed by atoms with E-state index in [1.807, 2.05) is 19.9 Å². The summed E-state index contributed by atoms with van der Waals surface area (Å²) in [6.07, 6.45) is 3.50. The number of pyridine rings is 1. The molecule has 160 valence electrons. The molecule has 0 unspecified atom stereocenters. The lowest BCUT2D eigenvalue weighted by Crippen LogP contribution is -2.33. The van der Waals surface area contributed by atoms with E-state index in [-0.39, 0.29) is 17.8 Å². The first-order chi connectivity index (χ1) is 14.2. The average Bonchev–Trinajstić information content (AvgIpc) is 3.13. The summed E-state index contributed by atoms with van der Waals surface area (Å²) < 4.78 is 35.8. The topological polar surface area (TPSA) is 125 Å². The second-order valence-electron chi connectivity index (χ2n) is 6.79. The van der Waals surface area contributed by atoms with Gasteiger partial charge >= 0.3 is 0 Å². The fraction of sp³-hybridized carbons (Fsp3) is 0.389. The van der Waals surface area contributed by atoms with E-state index in [1.54, 1.807) is 22.9 Å². The van der Waals surface area contributed by atoms with Crippen LogP contribution in [0.15, 0.2) is 36.8 Å². The molecule has 12 heteroatoms. The summed E-state index contributed by atoms with van der Waals surface area (Å²) in [6, 6.07) is 5.27. The molecule has 0 spiro atoms. The van der Waals surface area contributed by atoms with Crippen LogP contribution in [0.25, 0.3) is 11.5 Å². The fourth-order valence-corrected chi connectivity index (χ4v) is 4.11. The van der Waals surface area contributed by atoms with Crippen molar-refractivity contribution in [1.29, 1.82) is 0 Å². The third kappa shape index (κ3) is 4.58. The number of ether oxygens (including phenoxy) is 1. The number of halogens is 1. The number of rotatable bonds is 8. The van der Waals surface area contributed by atoms with Gasteiger partial charge in [0, 0.05) is 31.7 Å². The molecule has 3 aromatic rings. The highest BCUT2D eigenvalue weighted by Gasteiger charge is 2.34. The molecule has 30 heavy (non-hydrogen) atoms. The third-order valence-electron chi connectivity index (χ3n) is 4.40. The molecule has 0 radical (unpaired) electrons. The molecular weight excluding hydrogens is 430 g/mol. The number of sulfonamides is 1. The second-order valence-corrected chi connectivity index (χ2v) is 9.27. The highest BCUT2D eigenvalue weighted by atomic mass is 35.5. The van der Waals surface area contributed by atoms with Crippen LogP contribution in [-0.4, -0.2) is 50.5 Å². The molecule has 3 aromatic heterocycles. The predicted molar refractivity (Wildman–Crippen MR) is 112 cm³/mol. The van der Waals surface area contributed by atoms with Crippen molar-refractivity contribution in [3.63, 3.8) is 0 Å². The van der Waals surface area contributed by atoms with Crippen molar-refractivity contribution in [1.82, 2.24) is 29.7 Å². The number of anilines is 1. The molecule has 0 aliphatic rings. The number of methoxy groups -OCH3 is 1. The van der Waals surface area contributed by atoms with E-state index in [0.717, 1.165) is 0 Å². The summed E-state index contributed by atoms with van der Waals surface area (Å²) >= 11 is 5.82. The third-order valence-corrected chi connectivity index (χ3v) is 6.29. The fourth-order valence-electron chi connectivity index (χ4n) is 2.88. The Balaban J connectivity index is 1.92. The number of hydrogen-bond donors (Lipinski definition) is 1. The van der Waals surface area contributed by atoms with E-state index in [2.05, 4.69) is 29.9 Å². The van der Waals surface area contributed by atoms with E-state index in [0.29, 0.717) is 16.5 Å². The molecule has 0 aliphatic heterocycles. The smallest absolute Gasteiger partial charge is 0.240 e. The summed E-state index contributed by atoms with van der Waals surface area (Å²) in [5.41, 5.74) is 0.585. The van der Waals surface area contributed by atoms with Crippen molar-refractivity contribution in [3.8, 4) is 11.5 Å². The van der Waals surface area contributed by atoms with E-state index < -0.39 is 21.4 Å². The predicted octanol–water partition coefficient (Wildman–Crippen LogP) is 2.88. The molecule has 0 saturated carbocycles. The Kier molecular flexibility index (Phi) is 6.64. The van der Waals surface area contributed by atoms with E-state index in [1.165, 1.54) is 26.4 Å². The summed E-state index contributed by atoms with van der Waals surface area (Å²) in [4.78, 5) is 12.4. The first kappa shape index (κ1) is 22.1. The van der Waals surface area contributed by atoms with Crippen LogP contribution in [0.4, 0.5) is 5.95 Å². The van der Waals surface area contributed by atoms with Crippen molar-refractivity contribution >= 4 is 27.6 Å². The van der Waals surface area contributed by atoms with E-state index in [9.17, 15) is 8.42 Å². The van der Waals surface area contributed by atoms with Crippen LogP contribution >= 0.6 is 11.6 Å². The van der Waals surface area contributed by atoms with Crippen molar-refractivity contribution in [3.05, 3.63) is 47.6 Å². The van der Waals surface area contributed by atoms with Crippen LogP contribution in [0.2, 0.25) is 5.02 Å². The molecule has 10 nitrogen and oxygen atoms in total. The Morgan fingerprint density at radius 3 is 2.37 bits per heavy atom. The SMILES string of the molecule is CO[C@H](c1ncc(Cl)cn1)[C@H](C)S(=O)(=O)Nc1nnc(-c2ccccn2)n1C(C)C. The lowest BCUT2D eigenvalue weighted by molar-refractivity contribution is 0.0950. The molecule has 0 fully saturated rings. The molecule has 1 N–H and O–H groups in total. The maximum Gasteiger partial charge on any atom is 0.240 e. The van der Waals surface area contributed by atoms with Crippen molar-refractivity contribution in [2.45, 2.75) is 38.2 Å². The zero-order valence-corrected chi connectivity index (χ0v) is 18.5. The van der Waals surface area contributed by atoms with Gasteiger partial charge < -0.3 is 4.74 Å². The van der Waals surface area contributed by atoms with Gasteiger partial charge in [-0.15, -0.1) is 10.2 Å². The minimum Gasteiger partial charge on any atom is -0.372 e. The Morgan fingerprint density at radius 2 is 1.80 bits per heavy atom. The molecule has 2 atom stereocenters. The average molecular weight is 452 g/mol. The molecule has 3 rings (SSSR count). The maximum atomic E-state index is 13.1. The van der Waals surface area contributed by atoms with Gasteiger partial charge in [-0.2, -0.15) is 0 Å². The van der Waals surface area contributed by atoms with Crippen LogP contribution in [0.1, 0.15) is 38.7 Å². The van der Waals surface area contributed by atoms with E-state index >= 15 is 0 Å². The molecule has 0 amide bonds. The molecule has 0 aliphatic carbocycles. The molecule has 3 heterocycles. The number of aromatic nitrogens is 6. The van der Waals surface area contributed by atoms with Gasteiger partial charge in [0.2, 0.25) is 16.0 Å². The number of nitrogens with one attached hydrogen (secondary N) is 1. The Hall–Kier alpha value is -2.63. The van der Waals surface area contributed by atoms with Gasteiger partial charge in [0.25, 0.3) is 0 Å². The van der Waals surface area contributed by atoms with Crippen molar-refractivity contribution < 1.29 is 13.2 Å². The van der Waals surface area contributed by atoms with Crippen LogP contribution < -0.4 is 4.72 Å². The summed E-state index contributed by atoms with van der Waals surface area (Å²) in [5.74, 6) is 0.754.